The van der Waals surface area contributed by atoms with Crippen molar-refractivity contribution in [1.82, 2.24) is 10.2 Å². The molecule has 2 heterocycles. The monoisotopic (exact) mass is 271 g/mol. The van der Waals surface area contributed by atoms with Crippen LogP contribution in [0, 0.1) is 0 Å². The first-order valence-electron chi connectivity index (χ1n) is 6.67. The number of rotatable bonds is 3. The van der Waals surface area contributed by atoms with Crippen molar-refractivity contribution in [2.24, 2.45) is 5.73 Å². The Balaban J connectivity index is 1.95. The third-order valence-electron chi connectivity index (χ3n) is 3.49. The van der Waals surface area contributed by atoms with Crippen LogP contribution in [0.5, 0.6) is 11.6 Å². The van der Waals surface area contributed by atoms with Crippen LogP contribution in [0.4, 0.5) is 0 Å². The Kier molecular flexibility index (Phi) is 3.52. The average Bonchev–Trinajstić information content (AvgIpc) is 2.54. The van der Waals surface area contributed by atoms with E-state index in [2.05, 4.69) is 16.3 Å². The van der Waals surface area contributed by atoms with Crippen LogP contribution < -0.4 is 15.2 Å². The molecule has 0 fully saturated rings. The molecule has 1 aromatic heterocycles. The summed E-state index contributed by atoms with van der Waals surface area (Å²) in [6.45, 7) is 0.741. The van der Waals surface area contributed by atoms with Gasteiger partial charge in [-0.25, -0.2) is 0 Å². The molecular formula is C15H17N3O2. The van der Waals surface area contributed by atoms with Crippen LogP contribution in [0.1, 0.15) is 29.3 Å². The van der Waals surface area contributed by atoms with E-state index in [1.807, 2.05) is 18.2 Å². The van der Waals surface area contributed by atoms with Gasteiger partial charge in [-0.2, -0.15) is 0 Å². The normalized spacial score (nSPS) is 15.1. The Bertz CT molecular complexity index is 599. The number of ether oxygens (including phenoxy) is 2. The van der Waals surface area contributed by atoms with Gasteiger partial charge >= 0.3 is 0 Å². The van der Waals surface area contributed by atoms with E-state index in [9.17, 15) is 0 Å². The summed E-state index contributed by atoms with van der Waals surface area (Å²) in [5, 5.41) is 8.08. The molecule has 0 bridgehead atoms. The first-order chi connectivity index (χ1) is 9.79. The van der Waals surface area contributed by atoms with E-state index in [4.69, 9.17) is 15.2 Å². The fourth-order valence-corrected chi connectivity index (χ4v) is 2.42. The summed E-state index contributed by atoms with van der Waals surface area (Å²) in [6.07, 6.45) is 2.08. The van der Waals surface area contributed by atoms with Crippen LogP contribution in [0.2, 0.25) is 0 Å². The van der Waals surface area contributed by atoms with Crippen LogP contribution in [-0.4, -0.2) is 23.9 Å². The molecule has 0 saturated carbocycles. The maximum Gasteiger partial charge on any atom is 0.233 e. The second kappa shape index (κ2) is 5.46. The zero-order chi connectivity index (χ0) is 13.9. The molecule has 1 aromatic carbocycles. The number of aromatic nitrogens is 2. The van der Waals surface area contributed by atoms with E-state index in [1.165, 1.54) is 5.56 Å². The standard InChI is InChI=1S/C15H17N3O2/c1-19-13-8-7-12(17-18-13)14(16)11-6-2-4-10-5-3-9-20-15(10)11/h2,4,6-8,14H,3,5,9,16H2,1H3. The lowest BCUT2D eigenvalue weighted by atomic mass is 9.97. The predicted molar refractivity (Wildman–Crippen MR) is 74.9 cm³/mol. The van der Waals surface area contributed by atoms with E-state index in [-0.39, 0.29) is 6.04 Å². The summed E-state index contributed by atoms with van der Waals surface area (Å²) in [5.74, 6) is 1.39. The molecule has 20 heavy (non-hydrogen) atoms. The fraction of sp³-hybridized carbons (Fsp3) is 0.333. The Morgan fingerprint density at radius 3 is 2.90 bits per heavy atom. The molecule has 5 nitrogen and oxygen atoms in total. The predicted octanol–water partition coefficient (Wildman–Crippen LogP) is 1.86. The first kappa shape index (κ1) is 12.9. The van der Waals surface area contributed by atoms with Crippen molar-refractivity contribution in [3.63, 3.8) is 0 Å². The Hall–Kier alpha value is -2.14. The quantitative estimate of drug-likeness (QED) is 0.922. The molecular weight excluding hydrogens is 254 g/mol. The highest BCUT2D eigenvalue weighted by Crippen LogP contribution is 2.34. The summed E-state index contributed by atoms with van der Waals surface area (Å²) in [6, 6.07) is 9.34. The number of nitrogens with zero attached hydrogens (tertiary/aromatic N) is 2. The van der Waals surface area contributed by atoms with Gasteiger partial charge in [-0.1, -0.05) is 18.2 Å². The van der Waals surface area contributed by atoms with Crippen molar-refractivity contribution in [1.29, 1.82) is 0 Å². The maximum absolute atomic E-state index is 6.31. The van der Waals surface area contributed by atoms with Gasteiger partial charge in [0.25, 0.3) is 0 Å². The van der Waals surface area contributed by atoms with Crippen molar-refractivity contribution in [3.05, 3.63) is 47.2 Å². The molecule has 1 unspecified atom stereocenters. The van der Waals surface area contributed by atoms with E-state index >= 15 is 0 Å². The molecule has 0 amide bonds. The summed E-state index contributed by atoms with van der Waals surface area (Å²) in [4.78, 5) is 0. The van der Waals surface area contributed by atoms with Crippen LogP contribution in [0.3, 0.4) is 0 Å². The molecule has 0 radical (unpaired) electrons. The minimum atomic E-state index is -0.346. The summed E-state index contributed by atoms with van der Waals surface area (Å²) < 4.78 is 10.8. The molecule has 1 atom stereocenters. The lowest BCUT2D eigenvalue weighted by molar-refractivity contribution is 0.284. The molecule has 0 saturated heterocycles. The van der Waals surface area contributed by atoms with E-state index in [0.717, 1.165) is 30.8 Å². The minimum Gasteiger partial charge on any atom is -0.493 e. The van der Waals surface area contributed by atoms with Crippen LogP contribution in [-0.2, 0) is 6.42 Å². The number of nitrogens with two attached hydrogens (primary N) is 1. The average molecular weight is 271 g/mol. The molecule has 0 aliphatic carbocycles. The smallest absolute Gasteiger partial charge is 0.233 e. The van der Waals surface area contributed by atoms with Crippen molar-refractivity contribution in [2.45, 2.75) is 18.9 Å². The van der Waals surface area contributed by atoms with Gasteiger partial charge in [-0.05, 0) is 24.5 Å². The molecule has 0 spiro atoms. The van der Waals surface area contributed by atoms with Crippen molar-refractivity contribution in [3.8, 4) is 11.6 Å². The SMILES string of the molecule is COc1ccc(C(N)c2cccc3c2OCCC3)nn1. The Morgan fingerprint density at radius 2 is 2.15 bits per heavy atom. The Morgan fingerprint density at radius 1 is 1.25 bits per heavy atom. The minimum absolute atomic E-state index is 0.346. The molecule has 5 heteroatoms. The fourth-order valence-electron chi connectivity index (χ4n) is 2.42. The zero-order valence-corrected chi connectivity index (χ0v) is 11.4. The van der Waals surface area contributed by atoms with Gasteiger partial charge in [0.2, 0.25) is 5.88 Å². The molecule has 3 rings (SSSR count). The van der Waals surface area contributed by atoms with Gasteiger partial charge < -0.3 is 15.2 Å². The number of methoxy groups -OCH3 is 1. The summed E-state index contributed by atoms with van der Waals surface area (Å²) >= 11 is 0. The van der Waals surface area contributed by atoms with Crippen molar-refractivity contribution < 1.29 is 9.47 Å². The second-order valence-corrected chi connectivity index (χ2v) is 4.77. The number of benzene rings is 1. The van der Waals surface area contributed by atoms with E-state index in [0.29, 0.717) is 11.6 Å². The molecule has 1 aliphatic heterocycles. The molecule has 2 N–H and O–H groups in total. The number of aryl methyl sites for hydroxylation is 1. The van der Waals surface area contributed by atoms with E-state index in [1.54, 1.807) is 13.2 Å². The van der Waals surface area contributed by atoms with Crippen molar-refractivity contribution in [2.75, 3.05) is 13.7 Å². The van der Waals surface area contributed by atoms with Crippen LogP contribution in [0.25, 0.3) is 0 Å². The van der Waals surface area contributed by atoms with E-state index < -0.39 is 0 Å². The van der Waals surface area contributed by atoms with Crippen molar-refractivity contribution >= 4 is 0 Å². The highest BCUT2D eigenvalue weighted by Gasteiger charge is 2.20. The third-order valence-corrected chi connectivity index (χ3v) is 3.49. The van der Waals surface area contributed by atoms with Crippen LogP contribution >= 0.6 is 0 Å². The number of hydrogen-bond acceptors (Lipinski definition) is 5. The topological polar surface area (TPSA) is 70.3 Å². The van der Waals surface area contributed by atoms with Gasteiger partial charge in [-0.3, -0.25) is 0 Å². The highest BCUT2D eigenvalue weighted by molar-refractivity contribution is 5.46. The third kappa shape index (κ3) is 2.32. The highest BCUT2D eigenvalue weighted by atomic mass is 16.5. The lowest BCUT2D eigenvalue weighted by Gasteiger charge is -2.22. The molecule has 2 aromatic rings. The van der Waals surface area contributed by atoms with Gasteiger partial charge in [0, 0.05) is 11.6 Å². The summed E-state index contributed by atoms with van der Waals surface area (Å²) in [7, 11) is 1.56. The molecule has 104 valence electrons. The number of para-hydroxylation sites is 1. The van der Waals surface area contributed by atoms with Gasteiger partial charge in [0.15, 0.2) is 0 Å². The second-order valence-electron chi connectivity index (χ2n) is 4.77. The van der Waals surface area contributed by atoms with Gasteiger partial charge in [0.05, 0.1) is 25.5 Å². The first-order valence-corrected chi connectivity index (χ1v) is 6.67. The van der Waals surface area contributed by atoms with Gasteiger partial charge in [-0.15, -0.1) is 10.2 Å². The lowest BCUT2D eigenvalue weighted by Crippen LogP contribution is -2.18. The van der Waals surface area contributed by atoms with Gasteiger partial charge in [0.1, 0.15) is 5.75 Å². The summed E-state index contributed by atoms with van der Waals surface area (Å²) in [5.41, 5.74) is 9.18. The number of fused-ring (bicyclic) bond motifs is 1. The largest absolute Gasteiger partial charge is 0.493 e. The van der Waals surface area contributed by atoms with Crippen LogP contribution in [0.15, 0.2) is 30.3 Å². The maximum atomic E-state index is 6.31. The molecule has 1 aliphatic rings. The number of hydrogen-bond donors (Lipinski definition) is 1. The Labute approximate surface area is 117 Å². The zero-order valence-electron chi connectivity index (χ0n) is 11.4.